The number of hydrogen-bond donors (Lipinski definition) is 3. The van der Waals surface area contributed by atoms with E-state index >= 15 is 0 Å². The van der Waals surface area contributed by atoms with Crippen LogP contribution in [0.5, 0.6) is 0 Å². The van der Waals surface area contributed by atoms with Crippen molar-refractivity contribution < 1.29 is 29.6 Å². The average molecular weight is 599 g/mol. The van der Waals surface area contributed by atoms with Gasteiger partial charge in [-0.05, 0) is 124 Å². The van der Waals surface area contributed by atoms with E-state index in [4.69, 9.17) is 4.74 Å². The van der Waals surface area contributed by atoms with Gasteiger partial charge in [-0.15, -0.1) is 0 Å². The minimum Gasteiger partial charge on any atom is -0.481 e. The lowest BCUT2D eigenvalue weighted by molar-refractivity contribution is -0.241. The molecular formula is C37H58O6. The summed E-state index contributed by atoms with van der Waals surface area (Å²) >= 11 is 0. The van der Waals surface area contributed by atoms with Crippen molar-refractivity contribution in [2.75, 3.05) is 0 Å². The number of hydrogen-bond acceptors (Lipinski definition) is 5. The Kier molecular flexibility index (Phi) is 7.76. The van der Waals surface area contributed by atoms with Gasteiger partial charge in [-0.1, -0.05) is 58.6 Å². The maximum Gasteiger partial charge on any atom is 0.310 e. The molecule has 6 fully saturated rings. The highest BCUT2D eigenvalue weighted by molar-refractivity contribution is 5.81. The highest BCUT2D eigenvalue weighted by atomic mass is 16.5. The molecule has 0 amide bonds. The van der Waals surface area contributed by atoms with Gasteiger partial charge in [0.15, 0.2) is 0 Å². The Bertz CT molecular complexity index is 1150. The molecule has 0 radical (unpaired) electrons. The summed E-state index contributed by atoms with van der Waals surface area (Å²) in [5.74, 6) is -0.331. The molecule has 1 spiro atoms. The van der Waals surface area contributed by atoms with Crippen molar-refractivity contribution in [3.63, 3.8) is 0 Å². The lowest BCUT2D eigenvalue weighted by Gasteiger charge is -2.69. The topological polar surface area (TPSA) is 104 Å². The predicted molar refractivity (Wildman–Crippen MR) is 166 cm³/mol. The van der Waals surface area contributed by atoms with E-state index in [0.717, 1.165) is 57.8 Å². The smallest absolute Gasteiger partial charge is 0.310 e. The fourth-order valence-electron chi connectivity index (χ4n) is 12.9. The summed E-state index contributed by atoms with van der Waals surface area (Å²) in [7, 11) is 0. The van der Waals surface area contributed by atoms with Gasteiger partial charge in [0.05, 0.1) is 23.5 Å². The first kappa shape index (κ1) is 31.6. The van der Waals surface area contributed by atoms with E-state index in [1.54, 1.807) is 0 Å². The lowest BCUT2D eigenvalue weighted by Crippen LogP contribution is -2.66. The van der Waals surface area contributed by atoms with Crippen LogP contribution >= 0.6 is 0 Å². The summed E-state index contributed by atoms with van der Waals surface area (Å²) in [5, 5.41) is 34.0. The number of ether oxygens (including phenoxy) is 1. The molecule has 12 atom stereocenters. The van der Waals surface area contributed by atoms with Crippen LogP contribution in [-0.2, 0) is 14.3 Å². The van der Waals surface area contributed by atoms with E-state index in [0.29, 0.717) is 38.0 Å². The van der Waals surface area contributed by atoms with Gasteiger partial charge in [-0.2, -0.15) is 0 Å². The summed E-state index contributed by atoms with van der Waals surface area (Å²) in [5.41, 5.74) is -0.946. The van der Waals surface area contributed by atoms with Gasteiger partial charge in [0.25, 0.3) is 0 Å². The van der Waals surface area contributed by atoms with E-state index in [1.807, 2.05) is 0 Å². The van der Waals surface area contributed by atoms with Crippen molar-refractivity contribution in [3.8, 4) is 0 Å². The third-order valence-corrected chi connectivity index (χ3v) is 15.3. The number of esters is 1. The molecule has 0 saturated heterocycles. The maximum absolute atomic E-state index is 13.7. The first-order valence-electron chi connectivity index (χ1n) is 17.6. The number of allylic oxidation sites excluding steroid dienone is 2. The van der Waals surface area contributed by atoms with E-state index in [9.17, 15) is 24.9 Å². The molecule has 6 nitrogen and oxygen atoms in total. The molecule has 0 aromatic heterocycles. The SMILES string of the molecule is CC(C)=CCC[C@]1(C(=O)O)C[C@@]12[C@@H](OC(=O)C1CCCCC1)C[C@@]1(C)[C@H]2C[C@@H](O)C2[C@]1(C)CC[C@H]1[C@H](C)[C@H](O)CC[C@]21C. The van der Waals surface area contributed by atoms with Crippen LogP contribution in [0.3, 0.4) is 0 Å². The molecule has 6 saturated carbocycles. The highest BCUT2D eigenvalue weighted by Gasteiger charge is 2.86. The first-order chi connectivity index (χ1) is 20.2. The van der Waals surface area contributed by atoms with Gasteiger partial charge in [-0.3, -0.25) is 9.59 Å². The zero-order chi connectivity index (χ0) is 31.2. The van der Waals surface area contributed by atoms with Crippen molar-refractivity contribution in [2.24, 2.45) is 56.7 Å². The van der Waals surface area contributed by atoms with Gasteiger partial charge < -0.3 is 20.1 Å². The number of aliphatic carboxylic acids is 1. The molecule has 6 rings (SSSR count). The monoisotopic (exact) mass is 598 g/mol. The van der Waals surface area contributed by atoms with Crippen molar-refractivity contribution in [2.45, 2.75) is 150 Å². The van der Waals surface area contributed by atoms with Gasteiger partial charge in [0.2, 0.25) is 0 Å². The van der Waals surface area contributed by atoms with Crippen LogP contribution in [-0.4, -0.2) is 45.6 Å². The number of carboxylic acids is 1. The summed E-state index contributed by atoms with van der Waals surface area (Å²) < 4.78 is 6.61. The second-order valence-electron chi connectivity index (χ2n) is 17.2. The molecule has 242 valence electrons. The zero-order valence-electron chi connectivity index (χ0n) is 27.7. The summed E-state index contributed by atoms with van der Waals surface area (Å²) in [6.07, 6.45) is 12.6. The second kappa shape index (κ2) is 10.6. The predicted octanol–water partition coefficient (Wildman–Crippen LogP) is 7.31. The molecule has 0 aromatic rings. The Hall–Kier alpha value is -1.40. The van der Waals surface area contributed by atoms with Crippen molar-refractivity contribution >= 4 is 11.9 Å². The quantitative estimate of drug-likeness (QED) is 0.219. The number of aliphatic hydroxyl groups excluding tert-OH is 2. The zero-order valence-corrected chi connectivity index (χ0v) is 27.7. The summed E-state index contributed by atoms with van der Waals surface area (Å²) in [4.78, 5) is 27.1. The van der Waals surface area contributed by atoms with Crippen LogP contribution in [0.15, 0.2) is 11.6 Å². The van der Waals surface area contributed by atoms with E-state index in [1.165, 1.54) is 5.57 Å². The number of aliphatic hydroxyl groups is 2. The molecule has 1 unspecified atom stereocenters. The molecule has 3 N–H and O–H groups in total. The minimum atomic E-state index is -0.938. The number of carbonyl (C=O) groups is 2. The minimum absolute atomic E-state index is 0.0186. The molecule has 6 aliphatic rings. The molecule has 0 heterocycles. The largest absolute Gasteiger partial charge is 0.481 e. The molecule has 0 aliphatic heterocycles. The van der Waals surface area contributed by atoms with Crippen LogP contribution in [0, 0.1) is 56.7 Å². The summed E-state index contributed by atoms with van der Waals surface area (Å²) in [6.45, 7) is 13.4. The van der Waals surface area contributed by atoms with Gasteiger partial charge >= 0.3 is 11.9 Å². The van der Waals surface area contributed by atoms with Crippen LogP contribution in [0.4, 0.5) is 0 Å². The van der Waals surface area contributed by atoms with Crippen molar-refractivity contribution in [1.29, 1.82) is 0 Å². The fourth-order valence-corrected chi connectivity index (χ4v) is 12.9. The van der Waals surface area contributed by atoms with Gasteiger partial charge in [0.1, 0.15) is 6.10 Å². The third-order valence-electron chi connectivity index (χ3n) is 15.3. The van der Waals surface area contributed by atoms with Crippen molar-refractivity contribution in [3.05, 3.63) is 11.6 Å². The first-order valence-corrected chi connectivity index (χ1v) is 17.6. The second-order valence-corrected chi connectivity index (χ2v) is 17.2. The van der Waals surface area contributed by atoms with Crippen LogP contribution in [0.1, 0.15) is 131 Å². The van der Waals surface area contributed by atoms with Crippen molar-refractivity contribution in [1.82, 2.24) is 0 Å². The Morgan fingerprint density at radius 1 is 0.930 bits per heavy atom. The fraction of sp³-hybridized carbons (Fsp3) is 0.892. The van der Waals surface area contributed by atoms with Gasteiger partial charge in [-0.25, -0.2) is 0 Å². The highest BCUT2D eigenvalue weighted by Crippen LogP contribution is 2.85. The third kappa shape index (κ3) is 4.30. The van der Waals surface area contributed by atoms with Crippen LogP contribution in [0.25, 0.3) is 0 Å². The molecule has 43 heavy (non-hydrogen) atoms. The summed E-state index contributed by atoms with van der Waals surface area (Å²) in [6, 6.07) is 0. The number of fused-ring (bicyclic) bond motifs is 6. The van der Waals surface area contributed by atoms with Gasteiger partial charge in [0, 0.05) is 5.41 Å². The van der Waals surface area contributed by atoms with Crippen LogP contribution in [0.2, 0.25) is 0 Å². The molecular weight excluding hydrogens is 540 g/mol. The number of carboxylic acid groups (broad SMARTS) is 1. The molecule has 6 heteroatoms. The standard InChI is InChI=1S/C37H58O6/c1-22(2)11-10-16-36(32(41)42)21-37(36)28-19-27(39)30-33(4)17-15-26(38)23(3)25(33)14-18-34(30,5)35(28,6)20-29(37)43-31(40)24-12-8-7-9-13-24/h11,23-30,38-39H,7-10,12-21H2,1-6H3,(H,41,42)/t23-,25-,26+,27+,28+,29-,30?,33-,34-,35-,36+,37+/m0/s1. The molecule has 6 aliphatic carbocycles. The normalized spacial score (nSPS) is 50.7. The van der Waals surface area contributed by atoms with E-state index in [2.05, 4.69) is 47.6 Å². The number of carbonyl (C=O) groups excluding carboxylic acids is 1. The lowest BCUT2D eigenvalue weighted by atomic mass is 9.36. The number of rotatable bonds is 6. The Balaban J connectivity index is 1.41. The van der Waals surface area contributed by atoms with E-state index < -0.39 is 29.0 Å². The Labute approximate surface area is 259 Å². The molecule has 0 bridgehead atoms. The van der Waals surface area contributed by atoms with Crippen LogP contribution < -0.4 is 0 Å². The Morgan fingerprint density at radius 2 is 1.63 bits per heavy atom. The average Bonchev–Trinajstić information content (AvgIpc) is 3.57. The maximum atomic E-state index is 13.7. The van der Waals surface area contributed by atoms with E-state index in [-0.39, 0.29) is 52.0 Å². The molecule has 0 aromatic carbocycles. The Morgan fingerprint density at radius 3 is 2.28 bits per heavy atom.